The number of ether oxygens (including phenoxy) is 2. The average molecular weight is 201 g/mol. The predicted molar refractivity (Wildman–Crippen MR) is 48.8 cm³/mol. The molecule has 0 saturated carbocycles. The summed E-state index contributed by atoms with van der Waals surface area (Å²) < 4.78 is 9.58. The van der Waals surface area contributed by atoms with Gasteiger partial charge in [-0.1, -0.05) is 13.3 Å². The number of carbonyl (C=O) groups is 2. The first kappa shape index (κ1) is 10.8. The first-order chi connectivity index (χ1) is 6.74. The van der Waals surface area contributed by atoms with E-state index in [9.17, 15) is 9.59 Å². The standard InChI is InChI=1S/C9H15NO4/c1-2-3-5-13-8(11)7-10-4-6-14-9(10)12/h2-7H2,1H3. The zero-order chi connectivity index (χ0) is 10.4. The van der Waals surface area contributed by atoms with Crippen molar-refractivity contribution in [2.75, 3.05) is 26.3 Å². The van der Waals surface area contributed by atoms with Crippen molar-refractivity contribution < 1.29 is 19.1 Å². The number of hydrogen-bond acceptors (Lipinski definition) is 4. The van der Waals surface area contributed by atoms with Gasteiger partial charge in [0.05, 0.1) is 13.2 Å². The Bertz CT molecular complexity index is 217. The molecule has 80 valence electrons. The molecule has 1 aliphatic heterocycles. The SMILES string of the molecule is CCCCOC(=O)CN1CCOC1=O. The molecule has 14 heavy (non-hydrogen) atoms. The fraction of sp³-hybridized carbons (Fsp3) is 0.778. The van der Waals surface area contributed by atoms with E-state index in [0.29, 0.717) is 19.8 Å². The summed E-state index contributed by atoms with van der Waals surface area (Å²) in [5.74, 6) is -0.364. The third-order valence-corrected chi connectivity index (χ3v) is 1.93. The molecule has 0 aromatic carbocycles. The first-order valence-corrected chi connectivity index (χ1v) is 4.81. The Hall–Kier alpha value is -1.26. The molecule has 1 amide bonds. The smallest absolute Gasteiger partial charge is 0.410 e. The largest absolute Gasteiger partial charge is 0.464 e. The maximum atomic E-state index is 11.1. The third kappa shape index (κ3) is 3.24. The number of carbonyl (C=O) groups excluding carboxylic acids is 2. The van der Waals surface area contributed by atoms with E-state index < -0.39 is 6.09 Å². The van der Waals surface area contributed by atoms with Gasteiger partial charge in [0, 0.05) is 0 Å². The number of nitrogens with zero attached hydrogens (tertiary/aromatic N) is 1. The van der Waals surface area contributed by atoms with E-state index in [1.54, 1.807) is 0 Å². The van der Waals surface area contributed by atoms with E-state index in [2.05, 4.69) is 4.74 Å². The lowest BCUT2D eigenvalue weighted by Crippen LogP contribution is -2.31. The van der Waals surface area contributed by atoms with Gasteiger partial charge in [-0.15, -0.1) is 0 Å². The van der Waals surface area contributed by atoms with Crippen LogP contribution in [0.1, 0.15) is 19.8 Å². The maximum absolute atomic E-state index is 11.1. The Labute approximate surface area is 83.0 Å². The highest BCUT2D eigenvalue weighted by Gasteiger charge is 2.24. The van der Waals surface area contributed by atoms with Crippen LogP contribution in [0, 0.1) is 0 Å². The van der Waals surface area contributed by atoms with E-state index in [-0.39, 0.29) is 12.5 Å². The van der Waals surface area contributed by atoms with Crippen LogP contribution in [0.2, 0.25) is 0 Å². The molecule has 0 atom stereocenters. The number of esters is 1. The molecule has 5 heteroatoms. The van der Waals surface area contributed by atoms with Crippen molar-refractivity contribution in [1.29, 1.82) is 0 Å². The van der Waals surface area contributed by atoms with Crippen LogP contribution in [-0.2, 0) is 14.3 Å². The molecule has 0 spiro atoms. The summed E-state index contributed by atoms with van der Waals surface area (Å²) in [5.41, 5.74) is 0. The number of hydrogen-bond donors (Lipinski definition) is 0. The van der Waals surface area contributed by atoms with Crippen LogP contribution in [0.4, 0.5) is 4.79 Å². The van der Waals surface area contributed by atoms with Gasteiger partial charge in [0.25, 0.3) is 0 Å². The Balaban J connectivity index is 2.16. The van der Waals surface area contributed by atoms with Crippen LogP contribution in [0.5, 0.6) is 0 Å². The quantitative estimate of drug-likeness (QED) is 0.487. The summed E-state index contributed by atoms with van der Waals surface area (Å²) >= 11 is 0. The van der Waals surface area contributed by atoms with Gasteiger partial charge in [-0.3, -0.25) is 9.69 Å². The monoisotopic (exact) mass is 201 g/mol. The van der Waals surface area contributed by atoms with Crippen LogP contribution in [0.25, 0.3) is 0 Å². The Morgan fingerprint density at radius 3 is 3.00 bits per heavy atom. The van der Waals surface area contributed by atoms with Gasteiger partial charge in [0.2, 0.25) is 0 Å². The lowest BCUT2D eigenvalue weighted by Gasteiger charge is -2.11. The van der Waals surface area contributed by atoms with Crippen molar-refractivity contribution in [2.45, 2.75) is 19.8 Å². The number of amides is 1. The van der Waals surface area contributed by atoms with Crippen LogP contribution in [0.15, 0.2) is 0 Å². The summed E-state index contributed by atoms with van der Waals surface area (Å²) in [6, 6.07) is 0. The highest BCUT2D eigenvalue weighted by molar-refractivity contribution is 5.78. The highest BCUT2D eigenvalue weighted by atomic mass is 16.6. The number of cyclic esters (lactones) is 1. The van der Waals surface area contributed by atoms with Crippen molar-refractivity contribution in [1.82, 2.24) is 4.90 Å². The van der Waals surface area contributed by atoms with E-state index in [1.165, 1.54) is 4.90 Å². The summed E-state index contributed by atoms with van der Waals surface area (Å²) in [7, 11) is 0. The molecule has 0 bridgehead atoms. The molecular weight excluding hydrogens is 186 g/mol. The van der Waals surface area contributed by atoms with Gasteiger partial charge in [0.15, 0.2) is 0 Å². The summed E-state index contributed by atoms with van der Waals surface area (Å²) in [4.78, 5) is 23.4. The Morgan fingerprint density at radius 1 is 1.64 bits per heavy atom. The second-order valence-corrected chi connectivity index (χ2v) is 3.11. The molecule has 0 radical (unpaired) electrons. The van der Waals surface area contributed by atoms with Gasteiger partial charge in [-0.2, -0.15) is 0 Å². The molecule has 0 aliphatic carbocycles. The van der Waals surface area contributed by atoms with Crippen molar-refractivity contribution in [3.8, 4) is 0 Å². The second kappa shape index (κ2) is 5.47. The predicted octanol–water partition coefficient (Wildman–Crippen LogP) is 0.782. The zero-order valence-corrected chi connectivity index (χ0v) is 8.32. The lowest BCUT2D eigenvalue weighted by molar-refractivity contribution is -0.144. The molecule has 0 unspecified atom stereocenters. The van der Waals surface area contributed by atoms with Gasteiger partial charge >= 0.3 is 12.1 Å². The van der Waals surface area contributed by atoms with Gasteiger partial charge in [0.1, 0.15) is 13.2 Å². The normalized spacial score (nSPS) is 15.5. The highest BCUT2D eigenvalue weighted by Crippen LogP contribution is 2.02. The fourth-order valence-electron chi connectivity index (χ4n) is 1.10. The topological polar surface area (TPSA) is 55.8 Å². The third-order valence-electron chi connectivity index (χ3n) is 1.93. The molecular formula is C9H15NO4. The summed E-state index contributed by atoms with van der Waals surface area (Å²) in [6.07, 6.45) is 1.41. The Morgan fingerprint density at radius 2 is 2.43 bits per heavy atom. The molecule has 0 aromatic rings. The molecule has 0 N–H and O–H groups in total. The minimum absolute atomic E-state index is 0.00253. The van der Waals surface area contributed by atoms with Gasteiger partial charge in [-0.05, 0) is 6.42 Å². The molecule has 0 aromatic heterocycles. The van der Waals surface area contributed by atoms with Crippen LogP contribution < -0.4 is 0 Å². The minimum Gasteiger partial charge on any atom is -0.464 e. The number of unbranched alkanes of at least 4 members (excludes halogenated alkanes) is 1. The maximum Gasteiger partial charge on any atom is 0.410 e. The molecule has 1 rings (SSSR count). The lowest BCUT2D eigenvalue weighted by atomic mass is 10.4. The van der Waals surface area contributed by atoms with Crippen molar-refractivity contribution in [3.05, 3.63) is 0 Å². The van der Waals surface area contributed by atoms with Crippen molar-refractivity contribution in [3.63, 3.8) is 0 Å². The first-order valence-electron chi connectivity index (χ1n) is 4.81. The zero-order valence-electron chi connectivity index (χ0n) is 8.32. The molecule has 5 nitrogen and oxygen atoms in total. The molecule has 1 aliphatic rings. The van der Waals surface area contributed by atoms with E-state index in [4.69, 9.17) is 4.74 Å². The van der Waals surface area contributed by atoms with E-state index >= 15 is 0 Å². The van der Waals surface area contributed by atoms with Crippen LogP contribution in [0.3, 0.4) is 0 Å². The van der Waals surface area contributed by atoms with Gasteiger partial charge < -0.3 is 9.47 Å². The minimum atomic E-state index is -0.433. The summed E-state index contributed by atoms with van der Waals surface area (Å²) in [5, 5.41) is 0. The number of rotatable bonds is 5. The Kier molecular flexibility index (Phi) is 4.22. The second-order valence-electron chi connectivity index (χ2n) is 3.11. The van der Waals surface area contributed by atoms with E-state index in [1.807, 2.05) is 6.92 Å². The molecule has 1 saturated heterocycles. The van der Waals surface area contributed by atoms with Crippen LogP contribution in [-0.4, -0.2) is 43.3 Å². The van der Waals surface area contributed by atoms with Crippen molar-refractivity contribution >= 4 is 12.1 Å². The molecule has 1 fully saturated rings. The van der Waals surface area contributed by atoms with Crippen LogP contribution >= 0.6 is 0 Å². The fourth-order valence-corrected chi connectivity index (χ4v) is 1.10. The van der Waals surface area contributed by atoms with Crippen molar-refractivity contribution in [2.24, 2.45) is 0 Å². The molecule has 1 heterocycles. The average Bonchev–Trinajstić information content (AvgIpc) is 2.52. The van der Waals surface area contributed by atoms with Gasteiger partial charge in [-0.25, -0.2) is 4.79 Å². The van der Waals surface area contributed by atoms with E-state index in [0.717, 1.165) is 12.8 Å². The summed E-state index contributed by atoms with van der Waals surface area (Å²) in [6.45, 7) is 3.29.